The van der Waals surface area contributed by atoms with Crippen molar-refractivity contribution >= 4 is 63.8 Å². The normalized spacial score (nSPS) is 15.9. The van der Waals surface area contributed by atoms with E-state index in [2.05, 4.69) is 22.1 Å². The number of rotatable bonds is 6. The van der Waals surface area contributed by atoms with Gasteiger partial charge in [0.25, 0.3) is 17.7 Å². The van der Waals surface area contributed by atoms with Crippen molar-refractivity contribution in [1.82, 2.24) is 9.88 Å². The Kier molecular flexibility index (Phi) is 8.09. The summed E-state index contributed by atoms with van der Waals surface area (Å²) >= 11 is 7.05. The molecule has 0 bridgehead atoms. The lowest BCUT2D eigenvalue weighted by Gasteiger charge is -2.29. The summed E-state index contributed by atoms with van der Waals surface area (Å²) < 4.78 is 2.08. The minimum absolute atomic E-state index is 0.00114. The number of thiocarbonyl (C=S) groups is 1. The Balaban J connectivity index is 1.39. The highest BCUT2D eigenvalue weighted by atomic mass is 32.1. The van der Waals surface area contributed by atoms with Crippen LogP contribution in [0.1, 0.15) is 68.6 Å². The van der Waals surface area contributed by atoms with E-state index in [9.17, 15) is 14.4 Å². The van der Waals surface area contributed by atoms with E-state index in [0.29, 0.717) is 11.3 Å². The molecule has 0 atom stereocenters. The second-order valence-corrected chi connectivity index (χ2v) is 12.8. The fourth-order valence-corrected chi connectivity index (χ4v) is 7.73. The van der Waals surface area contributed by atoms with Crippen molar-refractivity contribution in [2.45, 2.75) is 59.8 Å². The van der Waals surface area contributed by atoms with Gasteiger partial charge in [0, 0.05) is 22.0 Å². The first kappa shape index (κ1) is 29.7. The summed E-state index contributed by atoms with van der Waals surface area (Å²) in [4.78, 5) is 43.2. The summed E-state index contributed by atoms with van der Waals surface area (Å²) in [6.07, 6.45) is 6.46. The largest absolute Gasteiger partial charge is 0.322 e. The molecule has 9 heteroatoms. The van der Waals surface area contributed by atoms with E-state index >= 15 is 0 Å². The zero-order valence-electron chi connectivity index (χ0n) is 25.2. The Hall–Kier alpha value is -4.34. The van der Waals surface area contributed by atoms with Crippen molar-refractivity contribution in [2.75, 3.05) is 10.2 Å². The first-order valence-electron chi connectivity index (χ1n) is 14.9. The number of anilines is 2. The van der Waals surface area contributed by atoms with Gasteiger partial charge in [0.05, 0.1) is 11.3 Å². The summed E-state index contributed by atoms with van der Waals surface area (Å²) in [6, 6.07) is 17.3. The third-order valence-electron chi connectivity index (χ3n) is 8.37. The molecule has 0 spiro atoms. The van der Waals surface area contributed by atoms with Gasteiger partial charge in [-0.2, -0.15) is 0 Å². The summed E-state index contributed by atoms with van der Waals surface area (Å²) in [6.45, 7) is 8.02. The van der Waals surface area contributed by atoms with Crippen LogP contribution in [0.2, 0.25) is 0 Å². The summed E-state index contributed by atoms with van der Waals surface area (Å²) in [5.41, 5.74) is 7.91. The fraction of sp³-hybridized carbons (Fsp3) is 0.257. The number of aryl methyl sites for hydroxylation is 4. The maximum absolute atomic E-state index is 13.9. The Bertz CT molecular complexity index is 1850. The van der Waals surface area contributed by atoms with E-state index in [1.54, 1.807) is 17.4 Å². The highest BCUT2D eigenvalue weighted by Crippen LogP contribution is 2.39. The Labute approximate surface area is 266 Å². The van der Waals surface area contributed by atoms with Crippen molar-refractivity contribution < 1.29 is 14.4 Å². The number of nitrogens with zero attached hydrogens (tertiary/aromatic N) is 2. The lowest BCUT2D eigenvalue weighted by Crippen LogP contribution is -2.54. The molecule has 2 N–H and O–H groups in total. The third kappa shape index (κ3) is 5.42. The number of hydrogen-bond acceptors (Lipinski definition) is 5. The van der Waals surface area contributed by atoms with Crippen LogP contribution in [0, 0.1) is 20.8 Å². The summed E-state index contributed by atoms with van der Waals surface area (Å²) in [5, 5.41) is 6.72. The number of carbonyl (C=O) groups excluding carboxylic acids is 3. The predicted octanol–water partition coefficient (Wildman–Crippen LogP) is 6.99. The Morgan fingerprint density at radius 3 is 2.43 bits per heavy atom. The van der Waals surface area contributed by atoms with Crippen molar-refractivity contribution in [3.63, 3.8) is 0 Å². The van der Waals surface area contributed by atoms with Crippen LogP contribution < -0.4 is 15.5 Å². The topological polar surface area (TPSA) is 83.4 Å². The monoisotopic (exact) mass is 622 g/mol. The van der Waals surface area contributed by atoms with E-state index < -0.39 is 11.8 Å². The molecule has 3 heterocycles. The minimum Gasteiger partial charge on any atom is -0.322 e. The second kappa shape index (κ2) is 12.0. The molecule has 0 radical (unpaired) electrons. The average molecular weight is 623 g/mol. The smallest absolute Gasteiger partial charge is 0.270 e. The Morgan fingerprint density at radius 1 is 1.02 bits per heavy atom. The molecule has 7 nitrogen and oxygen atoms in total. The molecule has 44 heavy (non-hydrogen) atoms. The maximum Gasteiger partial charge on any atom is 0.270 e. The first-order chi connectivity index (χ1) is 21.2. The standard InChI is InChI=1S/C35H34N4O3S2/c1-5-23-12-16-26(17-13-23)39-33(42)28(31(40)37-35(39)43)19-24-18-21(3)38(22(24)4)34-30(27-8-6-7-9-29(27)44-34)32(41)36-25-14-10-20(2)11-15-25/h10-19H,5-9H2,1-4H3,(H,36,41)(H,37,40,43)/b28-19+. The highest BCUT2D eigenvalue weighted by Gasteiger charge is 2.35. The minimum atomic E-state index is -0.531. The molecule has 2 aromatic heterocycles. The quantitative estimate of drug-likeness (QED) is 0.138. The molecule has 1 fully saturated rings. The first-order valence-corrected chi connectivity index (χ1v) is 16.1. The van der Waals surface area contributed by atoms with Crippen LogP contribution in [-0.2, 0) is 28.9 Å². The van der Waals surface area contributed by atoms with Crippen LogP contribution in [-0.4, -0.2) is 27.4 Å². The van der Waals surface area contributed by atoms with Crippen molar-refractivity contribution in [2.24, 2.45) is 0 Å². The molecule has 1 aliphatic heterocycles. The number of carbonyl (C=O) groups is 3. The molecule has 0 saturated carbocycles. The zero-order valence-corrected chi connectivity index (χ0v) is 26.9. The van der Waals surface area contributed by atoms with Crippen molar-refractivity contribution in [3.05, 3.63) is 104 Å². The van der Waals surface area contributed by atoms with Crippen molar-refractivity contribution in [1.29, 1.82) is 0 Å². The number of fused-ring (bicyclic) bond motifs is 1. The lowest BCUT2D eigenvalue weighted by atomic mass is 9.95. The highest BCUT2D eigenvalue weighted by molar-refractivity contribution is 7.80. The van der Waals surface area contributed by atoms with Gasteiger partial charge in [-0.15, -0.1) is 11.3 Å². The zero-order chi connectivity index (χ0) is 31.1. The van der Waals surface area contributed by atoms with Gasteiger partial charge in [-0.05, 0) is 118 Å². The predicted molar refractivity (Wildman–Crippen MR) is 181 cm³/mol. The molecule has 1 aliphatic carbocycles. The number of amides is 3. The maximum atomic E-state index is 13.9. The van der Waals surface area contributed by atoms with E-state index in [0.717, 1.165) is 76.4 Å². The van der Waals surface area contributed by atoms with Crippen LogP contribution in [0.4, 0.5) is 11.4 Å². The fourth-order valence-electron chi connectivity index (χ4n) is 5.95. The summed E-state index contributed by atoms with van der Waals surface area (Å²) in [7, 11) is 0. The molecular weight excluding hydrogens is 589 g/mol. The number of nitrogens with one attached hydrogen (secondary N) is 2. The van der Waals surface area contributed by atoms with Gasteiger partial charge >= 0.3 is 0 Å². The second-order valence-electron chi connectivity index (χ2n) is 11.4. The van der Waals surface area contributed by atoms with Gasteiger partial charge in [-0.25, -0.2) is 0 Å². The van der Waals surface area contributed by atoms with Gasteiger partial charge in [0.15, 0.2) is 5.11 Å². The number of thiophene rings is 1. The molecule has 2 aliphatic rings. The van der Waals surface area contributed by atoms with Gasteiger partial charge in [-0.1, -0.05) is 36.8 Å². The molecule has 224 valence electrons. The van der Waals surface area contributed by atoms with Crippen LogP contribution in [0.15, 0.2) is 60.2 Å². The SMILES string of the molecule is CCc1ccc(N2C(=O)/C(=C/c3cc(C)n(-c4sc5c(c4C(=O)Nc4ccc(C)cc4)CCCC5)c3C)C(=O)NC2=S)cc1. The van der Waals surface area contributed by atoms with Crippen LogP contribution in [0.3, 0.4) is 0 Å². The molecule has 6 rings (SSSR count). The van der Waals surface area contributed by atoms with E-state index in [1.807, 2.05) is 75.4 Å². The van der Waals surface area contributed by atoms with Gasteiger partial charge in [0.2, 0.25) is 0 Å². The molecule has 1 saturated heterocycles. The van der Waals surface area contributed by atoms with Gasteiger partial charge < -0.3 is 9.88 Å². The van der Waals surface area contributed by atoms with Gasteiger partial charge in [0.1, 0.15) is 10.6 Å². The third-order valence-corrected chi connectivity index (χ3v) is 9.93. The number of aromatic nitrogens is 1. The van der Waals surface area contributed by atoms with E-state index in [-0.39, 0.29) is 16.6 Å². The van der Waals surface area contributed by atoms with Crippen molar-refractivity contribution in [3.8, 4) is 5.00 Å². The molecular formula is C35H34N4O3S2. The molecule has 0 unspecified atom stereocenters. The average Bonchev–Trinajstić information content (AvgIpc) is 3.52. The van der Waals surface area contributed by atoms with Crippen LogP contribution in [0.5, 0.6) is 0 Å². The van der Waals surface area contributed by atoms with Crippen LogP contribution >= 0.6 is 23.6 Å². The van der Waals surface area contributed by atoms with Gasteiger partial charge in [-0.3, -0.25) is 24.6 Å². The number of hydrogen-bond donors (Lipinski definition) is 2. The van der Waals surface area contributed by atoms with E-state index in [1.165, 1.54) is 9.78 Å². The van der Waals surface area contributed by atoms with E-state index in [4.69, 9.17) is 12.2 Å². The molecule has 3 amide bonds. The Morgan fingerprint density at radius 2 is 1.73 bits per heavy atom. The number of benzene rings is 2. The summed E-state index contributed by atoms with van der Waals surface area (Å²) in [5.74, 6) is -1.13. The van der Waals surface area contributed by atoms with Crippen LogP contribution in [0.25, 0.3) is 11.1 Å². The molecule has 4 aromatic rings. The molecule has 2 aromatic carbocycles. The lowest BCUT2D eigenvalue weighted by molar-refractivity contribution is -0.122.